The summed E-state index contributed by atoms with van der Waals surface area (Å²) in [5, 5.41) is 18.4. The highest BCUT2D eigenvalue weighted by atomic mass is 32.1. The molecule has 2 aromatic heterocycles. The van der Waals surface area contributed by atoms with Gasteiger partial charge in [-0.25, -0.2) is 0 Å². The molecule has 2 saturated carbocycles. The molecule has 0 amide bonds. The summed E-state index contributed by atoms with van der Waals surface area (Å²) in [6, 6.07) is 4.75. The fraction of sp³-hybridized carbons (Fsp3) is 0.625. The molecular weight excluding hydrogens is 282 g/mol. The molecule has 1 N–H and O–H groups in total. The summed E-state index contributed by atoms with van der Waals surface area (Å²) >= 11 is 1.68. The summed E-state index contributed by atoms with van der Waals surface area (Å²) in [5.74, 6) is 2.94. The Bertz CT molecular complexity index is 665. The van der Waals surface area contributed by atoms with E-state index in [4.69, 9.17) is 0 Å². The molecule has 2 fully saturated rings. The van der Waals surface area contributed by atoms with Crippen molar-refractivity contribution < 1.29 is 5.11 Å². The van der Waals surface area contributed by atoms with Gasteiger partial charge in [-0.2, -0.15) is 0 Å². The summed E-state index contributed by atoms with van der Waals surface area (Å²) in [6.45, 7) is 4.56. The second-order valence-corrected chi connectivity index (χ2v) is 7.97. The molecule has 21 heavy (non-hydrogen) atoms. The quantitative estimate of drug-likeness (QED) is 0.921. The van der Waals surface area contributed by atoms with Crippen LogP contribution < -0.4 is 0 Å². The van der Waals surface area contributed by atoms with Crippen molar-refractivity contribution in [2.45, 2.75) is 63.5 Å². The van der Waals surface area contributed by atoms with Crippen LogP contribution >= 0.6 is 11.3 Å². The number of rotatable bonds is 5. The van der Waals surface area contributed by atoms with Crippen molar-refractivity contribution in [3.8, 4) is 0 Å². The molecular formula is C16H21N3OS. The SMILES string of the molecule is CC(C)(c1ccc(CO)s1)c1nnc(C2CC2)n1C1CC1. The molecule has 0 unspecified atom stereocenters. The zero-order valence-corrected chi connectivity index (χ0v) is 13.4. The Balaban J connectivity index is 1.77. The van der Waals surface area contributed by atoms with E-state index in [9.17, 15) is 5.11 Å². The maximum Gasteiger partial charge on any atom is 0.144 e. The van der Waals surface area contributed by atoms with Crippen LogP contribution in [-0.4, -0.2) is 19.9 Å². The van der Waals surface area contributed by atoms with Crippen LogP contribution in [0.3, 0.4) is 0 Å². The van der Waals surface area contributed by atoms with Gasteiger partial charge in [0, 0.05) is 21.7 Å². The van der Waals surface area contributed by atoms with E-state index in [1.807, 2.05) is 6.07 Å². The zero-order chi connectivity index (χ0) is 14.6. The Hall–Kier alpha value is -1.20. The van der Waals surface area contributed by atoms with Gasteiger partial charge in [0.15, 0.2) is 0 Å². The molecule has 112 valence electrons. The first-order valence-electron chi connectivity index (χ1n) is 7.76. The minimum atomic E-state index is -0.152. The van der Waals surface area contributed by atoms with E-state index < -0.39 is 0 Å². The molecule has 2 aliphatic rings. The first kappa shape index (κ1) is 13.5. The molecule has 2 aliphatic carbocycles. The average molecular weight is 303 g/mol. The summed E-state index contributed by atoms with van der Waals surface area (Å²) in [4.78, 5) is 2.26. The predicted molar refractivity (Wildman–Crippen MR) is 82.6 cm³/mol. The lowest BCUT2D eigenvalue weighted by Crippen LogP contribution is -2.23. The fourth-order valence-electron chi connectivity index (χ4n) is 2.95. The van der Waals surface area contributed by atoms with Gasteiger partial charge in [-0.05, 0) is 51.7 Å². The van der Waals surface area contributed by atoms with Crippen molar-refractivity contribution in [3.05, 3.63) is 33.5 Å². The summed E-state index contributed by atoms with van der Waals surface area (Å²) in [5.41, 5.74) is -0.152. The van der Waals surface area contributed by atoms with Gasteiger partial charge in [0.05, 0.1) is 12.0 Å². The second kappa shape index (κ2) is 4.65. The normalized spacial score (nSPS) is 19.2. The Labute approximate surface area is 128 Å². The predicted octanol–water partition coefficient (Wildman–Crippen LogP) is 3.37. The van der Waals surface area contributed by atoms with Gasteiger partial charge in [-0.3, -0.25) is 0 Å². The minimum absolute atomic E-state index is 0.114. The first-order valence-corrected chi connectivity index (χ1v) is 8.58. The van der Waals surface area contributed by atoms with Crippen LogP contribution in [0.5, 0.6) is 0 Å². The van der Waals surface area contributed by atoms with Gasteiger partial charge in [-0.1, -0.05) is 0 Å². The lowest BCUT2D eigenvalue weighted by Gasteiger charge is -2.24. The number of aliphatic hydroxyl groups excluding tert-OH is 1. The Morgan fingerprint density at radius 3 is 2.57 bits per heavy atom. The molecule has 0 atom stereocenters. The standard InChI is InChI=1S/C16H21N3OS/c1-16(2,13-8-7-12(9-20)21-13)15-18-17-14(10-3-4-10)19(15)11-5-6-11/h7-8,10-11,20H,3-6,9H2,1-2H3. The molecule has 0 aromatic carbocycles. The largest absolute Gasteiger partial charge is 0.391 e. The van der Waals surface area contributed by atoms with E-state index in [2.05, 4.69) is 34.7 Å². The van der Waals surface area contributed by atoms with Crippen molar-refractivity contribution in [1.29, 1.82) is 0 Å². The van der Waals surface area contributed by atoms with Gasteiger partial charge in [-0.15, -0.1) is 21.5 Å². The van der Waals surface area contributed by atoms with Crippen LogP contribution in [0, 0.1) is 0 Å². The maximum absolute atomic E-state index is 9.30. The molecule has 4 rings (SSSR count). The van der Waals surface area contributed by atoms with Gasteiger partial charge in [0.25, 0.3) is 0 Å². The van der Waals surface area contributed by atoms with Crippen molar-refractivity contribution in [2.75, 3.05) is 0 Å². The van der Waals surface area contributed by atoms with E-state index in [0.717, 1.165) is 10.7 Å². The molecule has 0 saturated heterocycles. The molecule has 0 aliphatic heterocycles. The molecule has 5 heteroatoms. The average Bonchev–Trinajstić information content (AvgIpc) is 3.40. The number of thiophene rings is 1. The molecule has 0 spiro atoms. The summed E-state index contributed by atoms with van der Waals surface area (Å²) < 4.78 is 2.43. The van der Waals surface area contributed by atoms with E-state index in [1.54, 1.807) is 11.3 Å². The molecule has 0 bridgehead atoms. The Morgan fingerprint density at radius 2 is 2.00 bits per heavy atom. The van der Waals surface area contributed by atoms with Crippen molar-refractivity contribution in [3.63, 3.8) is 0 Å². The highest BCUT2D eigenvalue weighted by Crippen LogP contribution is 2.47. The maximum atomic E-state index is 9.30. The first-order chi connectivity index (χ1) is 10.1. The van der Waals surface area contributed by atoms with E-state index >= 15 is 0 Å². The summed E-state index contributed by atoms with van der Waals surface area (Å²) in [7, 11) is 0. The number of hydrogen-bond donors (Lipinski definition) is 1. The smallest absolute Gasteiger partial charge is 0.144 e. The second-order valence-electron chi connectivity index (χ2n) is 6.81. The lowest BCUT2D eigenvalue weighted by molar-refractivity contribution is 0.285. The number of aliphatic hydroxyl groups is 1. The van der Waals surface area contributed by atoms with Crippen LogP contribution in [0.2, 0.25) is 0 Å². The number of hydrogen-bond acceptors (Lipinski definition) is 4. The monoisotopic (exact) mass is 303 g/mol. The molecule has 4 nitrogen and oxygen atoms in total. The van der Waals surface area contributed by atoms with E-state index in [1.165, 1.54) is 36.4 Å². The van der Waals surface area contributed by atoms with Crippen molar-refractivity contribution >= 4 is 11.3 Å². The number of nitrogens with zero attached hydrogens (tertiary/aromatic N) is 3. The Morgan fingerprint density at radius 1 is 1.24 bits per heavy atom. The van der Waals surface area contributed by atoms with Crippen molar-refractivity contribution in [1.82, 2.24) is 14.8 Å². The van der Waals surface area contributed by atoms with Gasteiger partial charge in [0.2, 0.25) is 0 Å². The zero-order valence-electron chi connectivity index (χ0n) is 12.5. The van der Waals surface area contributed by atoms with E-state index in [0.29, 0.717) is 12.0 Å². The fourth-order valence-corrected chi connectivity index (χ4v) is 3.92. The van der Waals surface area contributed by atoms with Gasteiger partial charge >= 0.3 is 0 Å². The minimum Gasteiger partial charge on any atom is -0.391 e. The van der Waals surface area contributed by atoms with Crippen LogP contribution in [0.25, 0.3) is 0 Å². The summed E-state index contributed by atoms with van der Waals surface area (Å²) in [6.07, 6.45) is 5.04. The topological polar surface area (TPSA) is 50.9 Å². The van der Waals surface area contributed by atoms with Gasteiger partial charge < -0.3 is 9.67 Å². The van der Waals surface area contributed by atoms with Crippen molar-refractivity contribution in [2.24, 2.45) is 0 Å². The van der Waals surface area contributed by atoms with Gasteiger partial charge in [0.1, 0.15) is 11.6 Å². The van der Waals surface area contributed by atoms with E-state index in [-0.39, 0.29) is 12.0 Å². The third-order valence-electron chi connectivity index (χ3n) is 4.57. The van der Waals surface area contributed by atoms with Crippen LogP contribution in [0.1, 0.15) is 72.9 Å². The third-order valence-corrected chi connectivity index (χ3v) is 5.96. The molecule has 2 heterocycles. The highest BCUT2D eigenvalue weighted by Gasteiger charge is 2.40. The van der Waals surface area contributed by atoms with Crippen LogP contribution in [-0.2, 0) is 12.0 Å². The Kier molecular flexibility index (Phi) is 2.98. The third kappa shape index (κ3) is 2.23. The van der Waals surface area contributed by atoms with Crippen LogP contribution in [0.4, 0.5) is 0 Å². The highest BCUT2D eigenvalue weighted by molar-refractivity contribution is 7.12. The van der Waals surface area contributed by atoms with Crippen LogP contribution in [0.15, 0.2) is 12.1 Å². The molecule has 2 aromatic rings. The number of aromatic nitrogens is 3. The lowest BCUT2D eigenvalue weighted by atomic mass is 9.90. The molecule has 0 radical (unpaired) electrons.